The van der Waals surface area contributed by atoms with Crippen LogP contribution in [0, 0.1) is 5.92 Å². The van der Waals surface area contributed by atoms with Crippen molar-refractivity contribution >= 4 is 34.8 Å². The number of anilines is 1. The number of benzene rings is 1. The van der Waals surface area contributed by atoms with Gasteiger partial charge in [0.1, 0.15) is 0 Å². The molecule has 1 saturated heterocycles. The minimum absolute atomic E-state index is 0.0540. The van der Waals surface area contributed by atoms with Gasteiger partial charge in [0.15, 0.2) is 0 Å². The highest BCUT2D eigenvalue weighted by atomic mass is 35.5. The fourth-order valence-electron chi connectivity index (χ4n) is 1.57. The second kappa shape index (κ2) is 5.04. The highest BCUT2D eigenvalue weighted by Crippen LogP contribution is 2.26. The van der Waals surface area contributed by atoms with E-state index in [0.717, 1.165) is 6.42 Å². The molecule has 0 aromatic heterocycles. The minimum Gasteiger partial charge on any atom is -0.381 e. The van der Waals surface area contributed by atoms with Gasteiger partial charge >= 0.3 is 0 Å². The molecule has 5 heteroatoms. The number of hydrogen-bond acceptors (Lipinski definition) is 2. The van der Waals surface area contributed by atoms with E-state index in [1.54, 1.807) is 18.2 Å². The van der Waals surface area contributed by atoms with Crippen LogP contribution in [-0.4, -0.2) is 19.1 Å². The highest BCUT2D eigenvalue weighted by molar-refractivity contribution is 6.36. The predicted molar refractivity (Wildman–Crippen MR) is 64.0 cm³/mol. The Hall–Kier alpha value is -0.770. The summed E-state index contributed by atoms with van der Waals surface area (Å²) in [5.41, 5.74) is 0.586. The minimum atomic E-state index is -0.0771. The summed E-state index contributed by atoms with van der Waals surface area (Å²) in [6, 6.07) is 4.98. The molecule has 0 bridgehead atoms. The van der Waals surface area contributed by atoms with Crippen molar-refractivity contribution in [3.63, 3.8) is 0 Å². The molecular formula is C11H11Cl2NO2. The number of ether oxygens (including phenoxy) is 1. The zero-order valence-corrected chi connectivity index (χ0v) is 10.0. The van der Waals surface area contributed by atoms with Gasteiger partial charge in [-0.05, 0) is 24.6 Å². The van der Waals surface area contributed by atoms with E-state index in [2.05, 4.69) is 5.32 Å². The summed E-state index contributed by atoms with van der Waals surface area (Å²) in [4.78, 5) is 11.8. The first kappa shape index (κ1) is 11.7. The molecule has 1 atom stereocenters. The lowest BCUT2D eigenvalue weighted by atomic mass is 10.1. The fourth-order valence-corrected chi connectivity index (χ4v) is 2.02. The Bertz CT molecular complexity index is 403. The van der Waals surface area contributed by atoms with Crippen molar-refractivity contribution in [3.8, 4) is 0 Å². The molecule has 86 valence electrons. The molecule has 1 unspecified atom stereocenters. The lowest BCUT2D eigenvalue weighted by Gasteiger charge is -2.10. The lowest BCUT2D eigenvalue weighted by molar-refractivity contribution is -0.119. The number of halogens is 2. The maximum Gasteiger partial charge on any atom is 0.229 e. The topological polar surface area (TPSA) is 38.3 Å². The van der Waals surface area contributed by atoms with Crippen LogP contribution >= 0.6 is 23.2 Å². The Kier molecular flexibility index (Phi) is 3.69. The lowest BCUT2D eigenvalue weighted by Crippen LogP contribution is -2.22. The van der Waals surface area contributed by atoms with Crippen molar-refractivity contribution < 1.29 is 9.53 Å². The number of carbonyl (C=O) groups excluding carboxylic acids is 1. The van der Waals surface area contributed by atoms with Crippen molar-refractivity contribution in [1.82, 2.24) is 0 Å². The van der Waals surface area contributed by atoms with Crippen LogP contribution in [0.4, 0.5) is 5.69 Å². The van der Waals surface area contributed by atoms with Gasteiger partial charge in [-0.15, -0.1) is 0 Å². The zero-order valence-electron chi connectivity index (χ0n) is 8.50. The Morgan fingerprint density at radius 3 is 2.88 bits per heavy atom. The van der Waals surface area contributed by atoms with Crippen molar-refractivity contribution in [2.45, 2.75) is 6.42 Å². The molecule has 1 aliphatic rings. The van der Waals surface area contributed by atoms with Gasteiger partial charge in [0.25, 0.3) is 0 Å². The molecule has 1 aliphatic heterocycles. The van der Waals surface area contributed by atoms with Crippen molar-refractivity contribution in [2.24, 2.45) is 5.92 Å². The van der Waals surface area contributed by atoms with E-state index in [-0.39, 0.29) is 11.8 Å². The summed E-state index contributed by atoms with van der Waals surface area (Å²) < 4.78 is 5.15. The smallest absolute Gasteiger partial charge is 0.229 e. The van der Waals surface area contributed by atoms with Gasteiger partial charge in [-0.2, -0.15) is 0 Å². The molecule has 0 radical (unpaired) electrons. The van der Waals surface area contributed by atoms with Crippen LogP contribution in [0.15, 0.2) is 18.2 Å². The van der Waals surface area contributed by atoms with Crippen LogP contribution in [0.2, 0.25) is 10.0 Å². The Balaban J connectivity index is 2.05. The van der Waals surface area contributed by atoms with Gasteiger partial charge in [-0.25, -0.2) is 0 Å². The summed E-state index contributed by atoms with van der Waals surface area (Å²) in [6.45, 7) is 1.13. The molecule has 16 heavy (non-hydrogen) atoms. The van der Waals surface area contributed by atoms with Gasteiger partial charge in [0, 0.05) is 11.6 Å². The van der Waals surface area contributed by atoms with Gasteiger partial charge in [0.2, 0.25) is 5.91 Å². The van der Waals surface area contributed by atoms with Crippen LogP contribution in [0.1, 0.15) is 6.42 Å². The number of rotatable bonds is 2. The van der Waals surface area contributed by atoms with Crippen molar-refractivity contribution in [2.75, 3.05) is 18.5 Å². The Morgan fingerprint density at radius 2 is 2.25 bits per heavy atom. The van der Waals surface area contributed by atoms with E-state index >= 15 is 0 Å². The second-order valence-corrected chi connectivity index (χ2v) is 4.52. The number of amides is 1. The van der Waals surface area contributed by atoms with E-state index in [0.29, 0.717) is 28.9 Å². The maximum absolute atomic E-state index is 11.8. The molecule has 1 fully saturated rings. The summed E-state index contributed by atoms with van der Waals surface area (Å²) in [5, 5.41) is 3.76. The van der Waals surface area contributed by atoms with Gasteiger partial charge in [0.05, 0.1) is 23.2 Å². The van der Waals surface area contributed by atoms with Crippen LogP contribution in [0.25, 0.3) is 0 Å². The average molecular weight is 260 g/mol. The van der Waals surface area contributed by atoms with E-state index in [1.807, 2.05) is 0 Å². The van der Waals surface area contributed by atoms with E-state index in [1.165, 1.54) is 0 Å². The number of carbonyl (C=O) groups is 1. The van der Waals surface area contributed by atoms with E-state index in [4.69, 9.17) is 27.9 Å². The SMILES string of the molecule is O=C(Nc1ccc(Cl)cc1Cl)C1CCOC1. The molecule has 1 aromatic rings. The van der Waals surface area contributed by atoms with Gasteiger partial charge in [-0.3, -0.25) is 4.79 Å². The third-order valence-electron chi connectivity index (χ3n) is 2.49. The fraction of sp³-hybridized carbons (Fsp3) is 0.364. The summed E-state index contributed by atoms with van der Waals surface area (Å²) >= 11 is 11.7. The van der Waals surface area contributed by atoms with Gasteiger partial charge < -0.3 is 10.1 Å². The Labute approximate surface area is 104 Å². The highest BCUT2D eigenvalue weighted by Gasteiger charge is 2.23. The predicted octanol–water partition coefficient (Wildman–Crippen LogP) is 2.97. The summed E-state index contributed by atoms with van der Waals surface area (Å²) in [7, 11) is 0. The first-order valence-electron chi connectivity index (χ1n) is 5.00. The maximum atomic E-state index is 11.8. The molecule has 1 aromatic carbocycles. The molecular weight excluding hydrogens is 249 g/mol. The molecule has 0 saturated carbocycles. The normalized spacial score (nSPS) is 19.8. The summed E-state index contributed by atoms with van der Waals surface area (Å²) in [6.07, 6.45) is 0.761. The number of nitrogens with one attached hydrogen (secondary N) is 1. The third-order valence-corrected chi connectivity index (χ3v) is 3.04. The van der Waals surface area contributed by atoms with Crippen LogP contribution in [0.3, 0.4) is 0 Å². The zero-order chi connectivity index (χ0) is 11.5. The monoisotopic (exact) mass is 259 g/mol. The van der Waals surface area contributed by atoms with Crippen molar-refractivity contribution in [3.05, 3.63) is 28.2 Å². The molecule has 2 rings (SSSR count). The molecule has 0 spiro atoms. The van der Waals surface area contributed by atoms with Crippen LogP contribution < -0.4 is 5.32 Å². The average Bonchev–Trinajstić information content (AvgIpc) is 2.75. The quantitative estimate of drug-likeness (QED) is 0.887. The third kappa shape index (κ3) is 2.67. The van der Waals surface area contributed by atoms with Crippen molar-refractivity contribution in [1.29, 1.82) is 0 Å². The van der Waals surface area contributed by atoms with E-state index in [9.17, 15) is 4.79 Å². The first-order chi connectivity index (χ1) is 7.66. The molecule has 0 aliphatic carbocycles. The van der Waals surface area contributed by atoms with Crippen LogP contribution in [0.5, 0.6) is 0 Å². The Morgan fingerprint density at radius 1 is 1.44 bits per heavy atom. The van der Waals surface area contributed by atoms with Gasteiger partial charge in [-0.1, -0.05) is 23.2 Å². The largest absolute Gasteiger partial charge is 0.381 e. The molecule has 1 heterocycles. The second-order valence-electron chi connectivity index (χ2n) is 3.67. The van der Waals surface area contributed by atoms with Crippen LogP contribution in [-0.2, 0) is 9.53 Å². The molecule has 3 nitrogen and oxygen atoms in total. The summed E-state index contributed by atoms with van der Waals surface area (Å²) in [5.74, 6) is -0.131. The van der Waals surface area contributed by atoms with E-state index < -0.39 is 0 Å². The first-order valence-corrected chi connectivity index (χ1v) is 5.76. The molecule has 1 N–H and O–H groups in total. The standard InChI is InChI=1S/C11H11Cl2NO2/c12-8-1-2-10(9(13)5-8)14-11(15)7-3-4-16-6-7/h1-2,5,7H,3-4,6H2,(H,14,15). The number of hydrogen-bond donors (Lipinski definition) is 1. The molecule has 1 amide bonds.